The standard InChI is InChI=1S/C41H41Cl3N2O4/c1-26-37(24-46(3)27(2)32-19-18-30-9-4-5-10-34(30)21-32)49-39(50-38(26)31-16-14-28(25-47)15-17-31)36-13-7-12-35(22-36)33-11-6-8-29(20-33)23-45-40(48)41(42,43)44/h4-22,26-27,37-39,47H,23-25H2,1-3H3,(H,45,48)/t26-,27-,37+,38+,39+/m1/s1. The van der Waals surface area contributed by atoms with E-state index in [1.165, 1.54) is 16.3 Å². The lowest BCUT2D eigenvalue weighted by molar-refractivity contribution is -0.276. The van der Waals surface area contributed by atoms with Crippen molar-refractivity contribution >= 4 is 51.5 Å². The van der Waals surface area contributed by atoms with Gasteiger partial charge in [0.15, 0.2) is 6.29 Å². The molecule has 260 valence electrons. The Balaban J connectivity index is 1.25. The van der Waals surface area contributed by atoms with Gasteiger partial charge >= 0.3 is 0 Å². The number of aliphatic hydroxyl groups excluding tert-OH is 1. The van der Waals surface area contributed by atoms with Gasteiger partial charge in [0.2, 0.25) is 0 Å². The summed E-state index contributed by atoms with van der Waals surface area (Å²) in [5, 5.41) is 14.8. The zero-order valence-electron chi connectivity index (χ0n) is 28.2. The van der Waals surface area contributed by atoms with Crippen molar-refractivity contribution in [2.24, 2.45) is 5.92 Å². The lowest BCUT2D eigenvalue weighted by atomic mass is 9.89. The zero-order valence-corrected chi connectivity index (χ0v) is 30.5. The van der Waals surface area contributed by atoms with Crippen LogP contribution in [-0.2, 0) is 27.4 Å². The van der Waals surface area contributed by atoms with Crippen LogP contribution in [0, 0.1) is 5.92 Å². The lowest BCUT2D eigenvalue weighted by Crippen LogP contribution is -2.44. The van der Waals surface area contributed by atoms with Crippen molar-refractivity contribution in [1.82, 2.24) is 10.2 Å². The molecule has 5 aromatic carbocycles. The number of rotatable bonds is 10. The molecule has 6 rings (SSSR count). The molecule has 1 amide bonds. The highest BCUT2D eigenvalue weighted by molar-refractivity contribution is 6.76. The monoisotopic (exact) mass is 730 g/mol. The fourth-order valence-corrected chi connectivity index (χ4v) is 6.70. The third-order valence-electron chi connectivity index (χ3n) is 9.64. The number of benzene rings is 5. The molecule has 1 fully saturated rings. The summed E-state index contributed by atoms with van der Waals surface area (Å²) >= 11 is 17.2. The Hall–Kier alpha value is -3.46. The number of aliphatic hydroxyl groups is 1. The van der Waals surface area contributed by atoms with E-state index in [9.17, 15) is 9.90 Å². The highest BCUT2D eigenvalue weighted by atomic mass is 35.6. The van der Waals surface area contributed by atoms with Gasteiger partial charge in [0, 0.05) is 30.6 Å². The van der Waals surface area contributed by atoms with Crippen molar-refractivity contribution in [1.29, 1.82) is 0 Å². The summed E-state index contributed by atoms with van der Waals surface area (Å²) in [6.45, 7) is 5.32. The second kappa shape index (κ2) is 15.8. The topological polar surface area (TPSA) is 71.0 Å². The van der Waals surface area contributed by atoms with Crippen LogP contribution in [0.5, 0.6) is 0 Å². The minimum atomic E-state index is -2.02. The third kappa shape index (κ3) is 8.52. The number of carbonyl (C=O) groups is 1. The molecule has 0 aromatic heterocycles. The van der Waals surface area contributed by atoms with Crippen LogP contribution in [0.2, 0.25) is 0 Å². The fraction of sp³-hybridized carbons (Fsp3) is 0.293. The van der Waals surface area contributed by atoms with Gasteiger partial charge < -0.3 is 19.9 Å². The quantitative estimate of drug-likeness (QED) is 0.140. The maximum absolute atomic E-state index is 12.1. The van der Waals surface area contributed by atoms with E-state index in [1.807, 2.05) is 66.7 Å². The molecule has 1 heterocycles. The smallest absolute Gasteiger partial charge is 0.272 e. The molecule has 1 saturated heterocycles. The van der Waals surface area contributed by atoms with Crippen molar-refractivity contribution in [3.63, 3.8) is 0 Å². The van der Waals surface area contributed by atoms with Crippen molar-refractivity contribution in [3.05, 3.63) is 143 Å². The molecule has 0 unspecified atom stereocenters. The predicted octanol–water partition coefficient (Wildman–Crippen LogP) is 9.47. The van der Waals surface area contributed by atoms with Crippen LogP contribution >= 0.6 is 34.8 Å². The Bertz CT molecular complexity index is 1930. The average Bonchev–Trinajstić information content (AvgIpc) is 3.14. The third-order valence-corrected chi connectivity index (χ3v) is 10.2. The number of likely N-dealkylation sites (N-methyl/N-ethyl adjacent to an activating group) is 1. The molecule has 5 atom stereocenters. The van der Waals surface area contributed by atoms with Gasteiger partial charge in [-0.3, -0.25) is 9.69 Å². The SMILES string of the molecule is C[C@@H]1[C@H](CN(C)[C@H](C)c2ccc3ccccc3c2)O[C@H](c2cccc(-c3cccc(CNC(=O)C(Cl)(Cl)Cl)c3)c2)O[C@@H]1c1ccc(CO)cc1. The molecule has 9 heteroatoms. The van der Waals surface area contributed by atoms with Gasteiger partial charge in [-0.1, -0.05) is 139 Å². The molecule has 1 aliphatic heterocycles. The first-order valence-corrected chi connectivity index (χ1v) is 17.9. The molecule has 2 N–H and O–H groups in total. The molecule has 6 nitrogen and oxygen atoms in total. The number of alkyl halides is 3. The van der Waals surface area contributed by atoms with E-state index in [4.69, 9.17) is 44.3 Å². The Labute approximate surface area is 308 Å². The number of halogens is 3. The van der Waals surface area contributed by atoms with E-state index in [-0.39, 0.29) is 37.3 Å². The first-order chi connectivity index (χ1) is 24.0. The Kier molecular flexibility index (Phi) is 11.5. The summed E-state index contributed by atoms with van der Waals surface area (Å²) in [6, 6.07) is 39.2. The predicted molar refractivity (Wildman–Crippen MR) is 202 cm³/mol. The molecule has 1 aliphatic rings. The van der Waals surface area contributed by atoms with Gasteiger partial charge in [-0.25, -0.2) is 0 Å². The van der Waals surface area contributed by atoms with Crippen LogP contribution in [0.4, 0.5) is 0 Å². The molecule has 0 spiro atoms. The number of amides is 1. The minimum Gasteiger partial charge on any atom is -0.392 e. The number of nitrogens with one attached hydrogen (secondary N) is 1. The first kappa shape index (κ1) is 36.3. The average molecular weight is 732 g/mol. The summed E-state index contributed by atoms with van der Waals surface area (Å²) in [5.41, 5.74) is 6.85. The van der Waals surface area contributed by atoms with E-state index in [0.29, 0.717) is 6.54 Å². The van der Waals surface area contributed by atoms with Gasteiger partial charge in [-0.05, 0) is 76.3 Å². The van der Waals surface area contributed by atoms with Crippen LogP contribution in [0.25, 0.3) is 21.9 Å². The van der Waals surface area contributed by atoms with E-state index >= 15 is 0 Å². The van der Waals surface area contributed by atoms with Crippen LogP contribution < -0.4 is 5.32 Å². The Morgan fingerprint density at radius 1 is 0.820 bits per heavy atom. The van der Waals surface area contributed by atoms with Gasteiger partial charge in [0.05, 0.1) is 18.8 Å². The summed E-state index contributed by atoms with van der Waals surface area (Å²) in [6.07, 6.45) is -0.989. The van der Waals surface area contributed by atoms with E-state index < -0.39 is 16.0 Å². The van der Waals surface area contributed by atoms with Gasteiger partial charge in [-0.2, -0.15) is 0 Å². The maximum atomic E-state index is 12.1. The highest BCUT2D eigenvalue weighted by Crippen LogP contribution is 2.43. The Morgan fingerprint density at radius 3 is 2.24 bits per heavy atom. The lowest BCUT2D eigenvalue weighted by Gasteiger charge is -2.43. The summed E-state index contributed by atoms with van der Waals surface area (Å²) in [5.74, 6) is -0.636. The van der Waals surface area contributed by atoms with Crippen molar-refractivity contribution in [3.8, 4) is 11.1 Å². The van der Waals surface area contributed by atoms with Crippen LogP contribution in [-0.4, -0.2) is 39.4 Å². The summed E-state index contributed by atoms with van der Waals surface area (Å²) < 4.78 is 11.6. The molecular weight excluding hydrogens is 691 g/mol. The molecule has 0 aliphatic carbocycles. The number of nitrogens with zero attached hydrogens (tertiary/aromatic N) is 1. The second-order valence-electron chi connectivity index (χ2n) is 13.1. The summed E-state index contributed by atoms with van der Waals surface area (Å²) in [7, 11) is 2.15. The number of carbonyl (C=O) groups excluding carboxylic acids is 1. The normalized spacial score (nSPS) is 20.2. The van der Waals surface area contributed by atoms with Crippen molar-refractivity contribution < 1.29 is 19.4 Å². The van der Waals surface area contributed by atoms with E-state index in [0.717, 1.165) is 33.4 Å². The number of ether oxygens (including phenoxy) is 2. The van der Waals surface area contributed by atoms with Gasteiger partial charge in [0.1, 0.15) is 0 Å². The van der Waals surface area contributed by atoms with E-state index in [2.05, 4.69) is 79.6 Å². The molecule has 0 radical (unpaired) electrons. The number of hydrogen-bond donors (Lipinski definition) is 2. The minimum absolute atomic E-state index is 0.0135. The number of fused-ring (bicyclic) bond motifs is 1. The fourth-order valence-electron chi connectivity index (χ4n) is 6.50. The molecule has 50 heavy (non-hydrogen) atoms. The van der Waals surface area contributed by atoms with Gasteiger partial charge in [0.25, 0.3) is 9.70 Å². The second-order valence-corrected chi connectivity index (χ2v) is 15.3. The summed E-state index contributed by atoms with van der Waals surface area (Å²) in [4.78, 5) is 14.4. The number of hydrogen-bond acceptors (Lipinski definition) is 5. The first-order valence-electron chi connectivity index (χ1n) is 16.7. The largest absolute Gasteiger partial charge is 0.392 e. The van der Waals surface area contributed by atoms with Crippen molar-refractivity contribution in [2.75, 3.05) is 13.6 Å². The van der Waals surface area contributed by atoms with Gasteiger partial charge in [-0.15, -0.1) is 0 Å². The molecular formula is C41H41Cl3N2O4. The highest BCUT2D eigenvalue weighted by Gasteiger charge is 2.39. The van der Waals surface area contributed by atoms with Crippen LogP contribution in [0.3, 0.4) is 0 Å². The van der Waals surface area contributed by atoms with E-state index in [1.54, 1.807) is 0 Å². The van der Waals surface area contributed by atoms with Crippen LogP contribution in [0.15, 0.2) is 115 Å². The maximum Gasteiger partial charge on any atom is 0.272 e. The molecule has 0 saturated carbocycles. The van der Waals surface area contributed by atoms with Crippen LogP contribution in [0.1, 0.15) is 60.1 Å². The van der Waals surface area contributed by atoms with Crippen molar-refractivity contribution in [2.45, 2.75) is 55.3 Å². The zero-order chi connectivity index (χ0) is 35.4. The molecule has 0 bridgehead atoms. The molecule has 5 aromatic rings. The Morgan fingerprint density at radius 2 is 1.52 bits per heavy atom.